The summed E-state index contributed by atoms with van der Waals surface area (Å²) < 4.78 is 1.14. The molecule has 2 N–H and O–H groups in total. The second-order valence-electron chi connectivity index (χ2n) is 6.55. The average Bonchev–Trinajstić information content (AvgIpc) is 3.29. The summed E-state index contributed by atoms with van der Waals surface area (Å²) in [5.74, 6) is 1.32. The summed E-state index contributed by atoms with van der Waals surface area (Å²) in [6.07, 6.45) is 3.90. The van der Waals surface area contributed by atoms with Crippen LogP contribution in [0, 0.1) is 19.8 Å². The van der Waals surface area contributed by atoms with Crippen molar-refractivity contribution in [3.63, 3.8) is 0 Å². The van der Waals surface area contributed by atoms with Gasteiger partial charge in [0, 0.05) is 42.3 Å². The van der Waals surface area contributed by atoms with Gasteiger partial charge in [-0.3, -0.25) is 4.90 Å². The fourth-order valence-corrected chi connectivity index (χ4v) is 3.81. The third kappa shape index (κ3) is 3.27. The van der Waals surface area contributed by atoms with E-state index in [1.807, 2.05) is 13.0 Å². The van der Waals surface area contributed by atoms with Crippen LogP contribution in [-0.4, -0.2) is 36.2 Å². The smallest absolute Gasteiger partial charge is 0.120 e. The molecular weight excluding hydrogens is 328 g/mol. The minimum absolute atomic E-state index is 0.358. The van der Waals surface area contributed by atoms with Gasteiger partial charge in [-0.25, -0.2) is 0 Å². The van der Waals surface area contributed by atoms with Gasteiger partial charge in [0.2, 0.25) is 0 Å². The Hall–Kier alpha value is -0.580. The van der Waals surface area contributed by atoms with Crippen molar-refractivity contribution in [1.82, 2.24) is 10.2 Å². The second kappa shape index (κ2) is 6.27. The first-order valence-corrected chi connectivity index (χ1v) is 8.80. The van der Waals surface area contributed by atoms with Crippen LogP contribution in [0.3, 0.4) is 0 Å². The molecule has 1 saturated heterocycles. The summed E-state index contributed by atoms with van der Waals surface area (Å²) in [6.45, 7) is 8.42. The van der Waals surface area contributed by atoms with Gasteiger partial charge in [0.05, 0.1) is 0 Å². The number of rotatable bonds is 4. The lowest BCUT2D eigenvalue weighted by Crippen LogP contribution is -2.45. The average molecular weight is 353 g/mol. The lowest BCUT2D eigenvalue weighted by Gasteiger charge is -2.36. The van der Waals surface area contributed by atoms with E-state index in [4.69, 9.17) is 0 Å². The van der Waals surface area contributed by atoms with E-state index < -0.39 is 0 Å². The van der Waals surface area contributed by atoms with Crippen LogP contribution < -0.4 is 5.32 Å². The Morgan fingerprint density at radius 1 is 1.33 bits per heavy atom. The molecular formula is C17H25BrN2O. The highest BCUT2D eigenvalue weighted by molar-refractivity contribution is 9.10. The number of nitrogens with one attached hydrogen (secondary N) is 1. The minimum atomic E-state index is 0.358. The van der Waals surface area contributed by atoms with Gasteiger partial charge in [-0.15, -0.1) is 0 Å². The Labute approximate surface area is 135 Å². The number of benzene rings is 1. The molecule has 1 aromatic carbocycles. The number of phenols is 1. The summed E-state index contributed by atoms with van der Waals surface area (Å²) in [7, 11) is 0. The molecule has 3 nitrogen and oxygen atoms in total. The quantitative estimate of drug-likeness (QED) is 0.870. The fourth-order valence-electron chi connectivity index (χ4n) is 3.49. The van der Waals surface area contributed by atoms with Crippen LogP contribution in [-0.2, 0) is 0 Å². The molecule has 2 fully saturated rings. The van der Waals surface area contributed by atoms with E-state index in [0.29, 0.717) is 11.8 Å². The zero-order chi connectivity index (χ0) is 15.0. The molecule has 0 bridgehead atoms. The van der Waals surface area contributed by atoms with E-state index >= 15 is 0 Å². The van der Waals surface area contributed by atoms with Gasteiger partial charge >= 0.3 is 0 Å². The molecule has 21 heavy (non-hydrogen) atoms. The number of phenolic OH excluding ortho intramolecular Hbond substituents is 1. The zero-order valence-corrected chi connectivity index (χ0v) is 14.5. The van der Waals surface area contributed by atoms with Crippen LogP contribution in [0.1, 0.15) is 42.0 Å². The van der Waals surface area contributed by atoms with Crippen molar-refractivity contribution in [3.05, 3.63) is 27.2 Å². The first-order valence-electron chi connectivity index (χ1n) is 8.01. The predicted octanol–water partition coefficient (Wildman–Crippen LogP) is 3.52. The topological polar surface area (TPSA) is 35.5 Å². The van der Waals surface area contributed by atoms with Crippen LogP contribution in [0.5, 0.6) is 5.75 Å². The van der Waals surface area contributed by atoms with E-state index in [0.717, 1.165) is 47.7 Å². The summed E-state index contributed by atoms with van der Waals surface area (Å²) in [5, 5.41) is 14.0. The van der Waals surface area contributed by atoms with Gasteiger partial charge in [-0.05, 0) is 43.4 Å². The van der Waals surface area contributed by atoms with Gasteiger partial charge in [0.25, 0.3) is 0 Å². The molecule has 0 radical (unpaired) electrons. The Morgan fingerprint density at radius 2 is 2.00 bits per heavy atom. The molecule has 116 valence electrons. The highest BCUT2D eigenvalue weighted by atomic mass is 79.9. The molecule has 1 heterocycles. The number of piperazine rings is 1. The minimum Gasteiger partial charge on any atom is -0.508 e. The monoisotopic (exact) mass is 352 g/mol. The summed E-state index contributed by atoms with van der Waals surface area (Å²) in [5.41, 5.74) is 3.46. The molecule has 0 unspecified atom stereocenters. The molecule has 1 aliphatic carbocycles. The Kier molecular flexibility index (Phi) is 4.57. The van der Waals surface area contributed by atoms with Crippen molar-refractivity contribution in [2.24, 2.45) is 5.92 Å². The molecule has 3 rings (SSSR count). The first kappa shape index (κ1) is 15.3. The highest BCUT2D eigenvalue weighted by Gasteiger charge is 2.33. The Balaban J connectivity index is 1.96. The van der Waals surface area contributed by atoms with Crippen LogP contribution in [0.4, 0.5) is 0 Å². The number of aromatic hydroxyl groups is 1. The van der Waals surface area contributed by atoms with E-state index in [2.05, 4.69) is 33.1 Å². The van der Waals surface area contributed by atoms with Gasteiger partial charge < -0.3 is 10.4 Å². The van der Waals surface area contributed by atoms with Gasteiger partial charge in [0.1, 0.15) is 5.75 Å². The maximum absolute atomic E-state index is 10.6. The summed E-state index contributed by atoms with van der Waals surface area (Å²) >= 11 is 3.70. The lowest BCUT2D eigenvalue weighted by atomic mass is 9.92. The van der Waals surface area contributed by atoms with Crippen molar-refractivity contribution in [3.8, 4) is 5.75 Å². The summed E-state index contributed by atoms with van der Waals surface area (Å²) in [4.78, 5) is 2.55. The van der Waals surface area contributed by atoms with E-state index in [-0.39, 0.29) is 0 Å². The third-order valence-corrected chi connectivity index (χ3v) is 6.11. The molecule has 1 saturated carbocycles. The molecule has 1 aliphatic heterocycles. The van der Waals surface area contributed by atoms with Gasteiger partial charge in [-0.2, -0.15) is 0 Å². The lowest BCUT2D eigenvalue weighted by molar-refractivity contribution is 0.157. The van der Waals surface area contributed by atoms with Crippen molar-refractivity contribution in [1.29, 1.82) is 0 Å². The van der Waals surface area contributed by atoms with Crippen LogP contribution in [0.15, 0.2) is 10.5 Å². The molecule has 1 atom stereocenters. The summed E-state index contributed by atoms with van der Waals surface area (Å²) in [6, 6.07) is 2.27. The molecule has 4 heteroatoms. The number of aryl methyl sites for hydroxylation is 1. The van der Waals surface area contributed by atoms with Crippen LogP contribution in [0.25, 0.3) is 0 Å². The number of halogens is 1. The van der Waals surface area contributed by atoms with E-state index in [1.165, 1.54) is 24.8 Å². The molecule has 2 aliphatic rings. The largest absolute Gasteiger partial charge is 0.508 e. The van der Waals surface area contributed by atoms with Gasteiger partial charge in [-0.1, -0.05) is 28.8 Å². The molecule has 0 aromatic heterocycles. The predicted molar refractivity (Wildman–Crippen MR) is 89.8 cm³/mol. The molecule has 0 amide bonds. The number of hydrogen-bond acceptors (Lipinski definition) is 3. The maximum atomic E-state index is 10.6. The first-order chi connectivity index (χ1) is 10.1. The number of hydrogen-bond donors (Lipinski definition) is 2. The SMILES string of the molecule is Cc1cc(O)c([C@H](CC2CC2)N2CCNCC2)c(C)c1Br. The highest BCUT2D eigenvalue weighted by Crippen LogP contribution is 2.45. The Morgan fingerprint density at radius 3 is 2.62 bits per heavy atom. The zero-order valence-electron chi connectivity index (χ0n) is 13.0. The normalized spacial score (nSPS) is 21.5. The van der Waals surface area contributed by atoms with Gasteiger partial charge in [0.15, 0.2) is 0 Å². The standard InChI is InChI=1S/C17H25BrN2O/c1-11-9-15(21)16(12(2)17(11)18)14(10-13-3-4-13)20-7-5-19-6-8-20/h9,13-14,19,21H,3-8,10H2,1-2H3/t14-/m0/s1. The maximum Gasteiger partial charge on any atom is 0.120 e. The van der Waals surface area contributed by atoms with Crippen LogP contribution >= 0.6 is 15.9 Å². The Bertz CT molecular complexity index is 522. The second-order valence-corrected chi connectivity index (χ2v) is 7.34. The van der Waals surface area contributed by atoms with E-state index in [1.54, 1.807) is 0 Å². The third-order valence-electron chi connectivity index (χ3n) is 4.89. The van der Waals surface area contributed by atoms with Crippen molar-refractivity contribution in [2.75, 3.05) is 26.2 Å². The van der Waals surface area contributed by atoms with Crippen LogP contribution in [0.2, 0.25) is 0 Å². The number of nitrogens with zero attached hydrogens (tertiary/aromatic N) is 1. The fraction of sp³-hybridized carbons (Fsp3) is 0.647. The molecule has 1 aromatic rings. The molecule has 0 spiro atoms. The van der Waals surface area contributed by atoms with Crippen molar-refractivity contribution >= 4 is 15.9 Å². The van der Waals surface area contributed by atoms with Crippen molar-refractivity contribution < 1.29 is 5.11 Å². The van der Waals surface area contributed by atoms with Crippen molar-refractivity contribution in [2.45, 2.75) is 39.2 Å². The van der Waals surface area contributed by atoms with E-state index in [9.17, 15) is 5.11 Å².